The summed E-state index contributed by atoms with van der Waals surface area (Å²) >= 11 is 0. The fourth-order valence-corrected chi connectivity index (χ4v) is 5.20. The van der Waals surface area contributed by atoms with Gasteiger partial charge in [0.2, 0.25) is 0 Å². The van der Waals surface area contributed by atoms with E-state index in [2.05, 4.69) is 50.6 Å². The molecule has 1 atom stereocenters. The molecule has 0 unspecified atom stereocenters. The summed E-state index contributed by atoms with van der Waals surface area (Å²) in [6, 6.07) is 0.241. The molecule has 0 aromatic heterocycles. The average Bonchev–Trinajstić information content (AvgIpc) is 3.28. The minimum Gasteiger partial charge on any atom is -0.331 e. The van der Waals surface area contributed by atoms with Crippen LogP contribution in [0.5, 0.6) is 0 Å². The molecular weight excluding hydrogens is 358 g/mol. The van der Waals surface area contributed by atoms with Gasteiger partial charge in [0.05, 0.1) is 6.04 Å². The minimum atomic E-state index is 0.115. The number of hydrogen-bond donors (Lipinski definition) is 1. The third-order valence-electron chi connectivity index (χ3n) is 7.29. The van der Waals surface area contributed by atoms with Crippen molar-refractivity contribution < 1.29 is 4.79 Å². The van der Waals surface area contributed by atoms with Crippen molar-refractivity contribution in [3.8, 4) is 0 Å². The number of urea groups is 1. The van der Waals surface area contributed by atoms with Crippen molar-refractivity contribution in [2.45, 2.75) is 72.3 Å². The highest BCUT2D eigenvalue weighted by Crippen LogP contribution is 2.50. The van der Waals surface area contributed by atoms with E-state index in [9.17, 15) is 4.79 Å². The number of piperidine rings is 1. The zero-order valence-corrected chi connectivity index (χ0v) is 19.1. The van der Waals surface area contributed by atoms with Gasteiger partial charge in [0.25, 0.3) is 0 Å². The van der Waals surface area contributed by atoms with E-state index in [1.165, 1.54) is 50.0 Å². The van der Waals surface area contributed by atoms with Crippen LogP contribution in [0.25, 0.3) is 0 Å². The molecule has 0 radical (unpaired) electrons. The molecule has 4 nitrogen and oxygen atoms in total. The average molecular weight is 400 g/mol. The Morgan fingerprint density at radius 3 is 2.45 bits per heavy atom. The van der Waals surface area contributed by atoms with Crippen molar-refractivity contribution in [3.63, 3.8) is 0 Å². The zero-order chi connectivity index (χ0) is 21.1. The lowest BCUT2D eigenvalue weighted by atomic mass is 9.73. The number of carbonyl (C=O) groups excluding carboxylic acids is 1. The van der Waals surface area contributed by atoms with E-state index >= 15 is 0 Å². The number of likely N-dealkylation sites (tertiary alicyclic amines) is 2. The van der Waals surface area contributed by atoms with Crippen LogP contribution < -0.4 is 5.32 Å². The number of allylic oxidation sites excluding steroid dienone is 3. The highest BCUT2D eigenvalue weighted by atomic mass is 16.2. The molecule has 29 heavy (non-hydrogen) atoms. The van der Waals surface area contributed by atoms with E-state index < -0.39 is 0 Å². The molecule has 3 aliphatic rings. The van der Waals surface area contributed by atoms with Crippen LogP contribution in [0.15, 0.2) is 36.0 Å². The molecule has 1 aliphatic carbocycles. The quantitative estimate of drug-likeness (QED) is 0.650. The molecule has 162 valence electrons. The van der Waals surface area contributed by atoms with Crippen LogP contribution in [0.2, 0.25) is 0 Å². The van der Waals surface area contributed by atoms with Crippen LogP contribution in [-0.4, -0.2) is 54.6 Å². The number of carbonyl (C=O) groups is 1. The standard InChI is InChI=1S/C25H41N3O/c1-6-7-10-21-20(2)25(12-17-27(18-13-25)16-11-24(3,4)5)19-22(21)26-23(29)28-14-8-9-15-28/h6-7,10,22H,1,8-9,11-19H2,2-5H3,(H,26,29)/b10-7-/t22-/m0/s1. The molecule has 2 saturated heterocycles. The SMILES string of the molecule is C=C/C=C\C1=C(C)C2(CCN(CCC(C)(C)C)CC2)C[C@@H]1NC(=O)N1CCCC1. The Morgan fingerprint density at radius 2 is 1.86 bits per heavy atom. The molecule has 0 saturated carbocycles. The molecule has 0 aromatic rings. The predicted octanol–water partition coefficient (Wildman–Crippen LogP) is 5.14. The minimum absolute atomic E-state index is 0.115. The van der Waals surface area contributed by atoms with Gasteiger partial charge in [-0.15, -0.1) is 0 Å². The Morgan fingerprint density at radius 1 is 1.21 bits per heavy atom. The highest BCUT2D eigenvalue weighted by Gasteiger charge is 2.45. The first kappa shape index (κ1) is 22.1. The molecule has 2 heterocycles. The Hall–Kier alpha value is -1.55. The van der Waals surface area contributed by atoms with Crippen molar-refractivity contribution in [2.24, 2.45) is 10.8 Å². The molecule has 2 aliphatic heterocycles. The lowest BCUT2D eigenvalue weighted by Crippen LogP contribution is -2.45. The van der Waals surface area contributed by atoms with Gasteiger partial charge in [-0.1, -0.05) is 51.2 Å². The van der Waals surface area contributed by atoms with Gasteiger partial charge < -0.3 is 15.1 Å². The highest BCUT2D eigenvalue weighted by molar-refractivity contribution is 5.75. The topological polar surface area (TPSA) is 35.6 Å². The summed E-state index contributed by atoms with van der Waals surface area (Å²) in [5.74, 6) is 0. The van der Waals surface area contributed by atoms with E-state index in [1.807, 2.05) is 17.1 Å². The summed E-state index contributed by atoms with van der Waals surface area (Å²) in [4.78, 5) is 17.4. The van der Waals surface area contributed by atoms with E-state index in [1.54, 1.807) is 0 Å². The van der Waals surface area contributed by atoms with Crippen LogP contribution in [0, 0.1) is 10.8 Å². The van der Waals surface area contributed by atoms with Crippen molar-refractivity contribution in [2.75, 3.05) is 32.7 Å². The number of nitrogens with one attached hydrogen (secondary N) is 1. The largest absolute Gasteiger partial charge is 0.331 e. The van der Waals surface area contributed by atoms with Crippen LogP contribution in [0.3, 0.4) is 0 Å². The lowest BCUT2D eigenvalue weighted by Gasteiger charge is -2.41. The van der Waals surface area contributed by atoms with Crippen LogP contribution >= 0.6 is 0 Å². The van der Waals surface area contributed by atoms with Gasteiger partial charge in [-0.3, -0.25) is 0 Å². The van der Waals surface area contributed by atoms with Gasteiger partial charge in [0.15, 0.2) is 0 Å². The number of rotatable bonds is 5. The third-order valence-corrected chi connectivity index (χ3v) is 7.29. The molecule has 4 heteroatoms. The normalized spacial score (nSPS) is 25.4. The van der Waals surface area contributed by atoms with Crippen molar-refractivity contribution in [1.29, 1.82) is 0 Å². The molecule has 2 fully saturated rings. The molecule has 0 aromatic carbocycles. The maximum atomic E-state index is 12.8. The number of hydrogen-bond acceptors (Lipinski definition) is 2. The third kappa shape index (κ3) is 5.33. The smallest absolute Gasteiger partial charge is 0.317 e. The molecule has 1 spiro atoms. The summed E-state index contributed by atoms with van der Waals surface area (Å²) < 4.78 is 0. The fraction of sp³-hybridized carbons (Fsp3) is 0.720. The van der Waals surface area contributed by atoms with Gasteiger partial charge in [-0.05, 0) is 81.5 Å². The van der Waals surface area contributed by atoms with Gasteiger partial charge in [0, 0.05) is 13.1 Å². The molecule has 0 bridgehead atoms. The summed E-state index contributed by atoms with van der Waals surface area (Å²) in [6.45, 7) is 18.4. The summed E-state index contributed by atoms with van der Waals surface area (Å²) in [5, 5.41) is 3.37. The second kappa shape index (κ2) is 9.07. The van der Waals surface area contributed by atoms with E-state index in [0.29, 0.717) is 5.41 Å². The summed E-state index contributed by atoms with van der Waals surface area (Å²) in [7, 11) is 0. The number of nitrogens with zero attached hydrogens (tertiary/aromatic N) is 2. The predicted molar refractivity (Wildman–Crippen MR) is 122 cm³/mol. The van der Waals surface area contributed by atoms with Crippen molar-refractivity contribution in [3.05, 3.63) is 36.0 Å². The van der Waals surface area contributed by atoms with Crippen molar-refractivity contribution >= 4 is 6.03 Å². The molecule has 1 N–H and O–H groups in total. The van der Waals surface area contributed by atoms with Gasteiger partial charge in [0.1, 0.15) is 0 Å². The van der Waals surface area contributed by atoms with E-state index in [-0.39, 0.29) is 17.5 Å². The lowest BCUT2D eigenvalue weighted by molar-refractivity contribution is 0.115. The Bertz CT molecular complexity index is 656. The van der Waals surface area contributed by atoms with Crippen LogP contribution in [0.1, 0.15) is 66.2 Å². The Balaban J connectivity index is 1.68. The maximum absolute atomic E-state index is 12.8. The maximum Gasteiger partial charge on any atom is 0.317 e. The molecule has 2 amide bonds. The second-order valence-corrected chi connectivity index (χ2v) is 10.5. The van der Waals surface area contributed by atoms with Gasteiger partial charge in [-0.25, -0.2) is 4.79 Å². The fourth-order valence-electron chi connectivity index (χ4n) is 5.20. The second-order valence-electron chi connectivity index (χ2n) is 10.5. The molecule has 3 rings (SSSR count). The Labute approximate surface area is 178 Å². The monoisotopic (exact) mass is 399 g/mol. The molecular formula is C25H41N3O. The summed E-state index contributed by atoms with van der Waals surface area (Å²) in [6.07, 6.45) is 13.0. The zero-order valence-electron chi connectivity index (χ0n) is 19.1. The van der Waals surface area contributed by atoms with E-state index in [4.69, 9.17) is 0 Å². The Kier molecular flexibility index (Phi) is 6.93. The van der Waals surface area contributed by atoms with E-state index in [0.717, 1.165) is 32.4 Å². The first-order chi connectivity index (χ1) is 13.7. The summed E-state index contributed by atoms with van der Waals surface area (Å²) in [5.41, 5.74) is 3.42. The van der Waals surface area contributed by atoms with Gasteiger partial charge >= 0.3 is 6.03 Å². The van der Waals surface area contributed by atoms with Crippen LogP contribution in [0.4, 0.5) is 4.79 Å². The first-order valence-electron chi connectivity index (χ1n) is 11.5. The number of amides is 2. The van der Waals surface area contributed by atoms with Gasteiger partial charge in [-0.2, -0.15) is 0 Å². The van der Waals surface area contributed by atoms with Crippen molar-refractivity contribution in [1.82, 2.24) is 15.1 Å². The van der Waals surface area contributed by atoms with Crippen LogP contribution in [-0.2, 0) is 0 Å². The first-order valence-corrected chi connectivity index (χ1v) is 11.5.